The number of aromatic nitrogens is 2. The van der Waals surface area contributed by atoms with Crippen molar-refractivity contribution in [3.8, 4) is 11.5 Å². The first-order valence-corrected chi connectivity index (χ1v) is 13.4. The van der Waals surface area contributed by atoms with Crippen LogP contribution in [0.1, 0.15) is 24.8 Å². The second-order valence-corrected chi connectivity index (χ2v) is 9.98. The number of primary amides is 1. The lowest BCUT2D eigenvalue weighted by molar-refractivity contribution is -0.118. The minimum Gasteiger partial charge on any atom is -0.493 e. The third-order valence-electron chi connectivity index (χ3n) is 6.98. The summed E-state index contributed by atoms with van der Waals surface area (Å²) in [6, 6.07) is 7.47. The first kappa shape index (κ1) is 28.3. The fraction of sp³-hybridized carbons (Fsp3) is 0.393. The molecule has 5 rings (SSSR count). The molecule has 1 fully saturated rings. The van der Waals surface area contributed by atoms with E-state index in [1.165, 1.54) is 41.2 Å². The predicted molar refractivity (Wildman–Crippen MR) is 150 cm³/mol. The van der Waals surface area contributed by atoms with Crippen molar-refractivity contribution in [1.29, 1.82) is 0 Å². The quantitative estimate of drug-likeness (QED) is 0.318. The molecular formula is C28H33F2N7O4. The van der Waals surface area contributed by atoms with Crippen LogP contribution in [-0.4, -0.2) is 77.7 Å². The van der Waals surface area contributed by atoms with E-state index >= 15 is 0 Å². The monoisotopic (exact) mass is 569 g/mol. The molecule has 0 spiro atoms. The molecule has 3 aromatic rings. The first-order chi connectivity index (χ1) is 19.8. The largest absolute Gasteiger partial charge is 0.493 e. The summed E-state index contributed by atoms with van der Waals surface area (Å²) in [6.07, 6.45) is 5.32. The molecule has 0 radical (unpaired) electrons. The van der Waals surface area contributed by atoms with Gasteiger partial charge in [-0.3, -0.25) is 9.48 Å². The molecule has 13 heteroatoms. The lowest BCUT2D eigenvalue weighted by Gasteiger charge is -2.33. The number of amidine groups is 1. The summed E-state index contributed by atoms with van der Waals surface area (Å²) in [4.78, 5) is 19.8. The Morgan fingerprint density at radius 1 is 1.29 bits per heavy atom. The fourth-order valence-electron chi connectivity index (χ4n) is 5.05. The van der Waals surface area contributed by atoms with Crippen LogP contribution in [0.15, 0.2) is 47.7 Å². The summed E-state index contributed by atoms with van der Waals surface area (Å²) in [5, 5.41) is 17.3. The van der Waals surface area contributed by atoms with Crippen molar-refractivity contribution in [3.05, 3.63) is 59.9 Å². The molecule has 218 valence electrons. The Balaban J connectivity index is 1.43. The Morgan fingerprint density at radius 2 is 2.15 bits per heavy atom. The molecule has 4 N–H and O–H groups in total. The predicted octanol–water partition coefficient (Wildman–Crippen LogP) is 2.85. The zero-order valence-electron chi connectivity index (χ0n) is 22.7. The Morgan fingerprint density at radius 3 is 2.93 bits per heavy atom. The Hall–Kier alpha value is -4.23. The maximum atomic E-state index is 14.9. The van der Waals surface area contributed by atoms with Crippen LogP contribution in [0, 0.1) is 11.6 Å². The zero-order chi connectivity index (χ0) is 28.9. The lowest BCUT2D eigenvalue weighted by atomic mass is 10.1. The number of carbonyl (C=O) groups is 1. The van der Waals surface area contributed by atoms with Crippen LogP contribution in [-0.2, 0) is 11.3 Å². The van der Waals surface area contributed by atoms with E-state index in [0.29, 0.717) is 47.4 Å². The number of carbonyl (C=O) groups excluding carboxylic acids is 1. The van der Waals surface area contributed by atoms with Gasteiger partial charge >= 0.3 is 0 Å². The van der Waals surface area contributed by atoms with Crippen LogP contribution in [0.2, 0.25) is 0 Å². The van der Waals surface area contributed by atoms with E-state index in [1.807, 2.05) is 0 Å². The number of nitrogens with zero attached hydrogens (tertiary/aromatic N) is 5. The minimum atomic E-state index is -1.01. The number of nitrogens with two attached hydrogens (primary N) is 1. The van der Waals surface area contributed by atoms with Gasteiger partial charge in [-0.15, -0.1) is 0 Å². The number of hydrogen-bond acceptors (Lipinski definition) is 8. The Labute approximate surface area is 236 Å². The van der Waals surface area contributed by atoms with E-state index < -0.39 is 17.5 Å². The SMILES string of the molecule is COc1cc2c(cc1OCCCN1CCCC(O)C1)NCN(c1cccc(F)c1F)C2=Nc1cnn(CC(N)=O)c1. The standard InChI is InChI=1S/C28H33F2N7O4/c1-40-24-11-20-22(12-25(24)41-10-4-9-35-8-3-5-19(38)15-35)32-17-37(23-7-2-6-21(29)27(23)30)28(20)34-18-13-33-36(14-18)16-26(31)39/h2,6-7,11-14,19,32,38H,3-5,8-10,15-17H2,1H3,(H2,31,39). The number of aliphatic hydroxyl groups is 1. The van der Waals surface area contributed by atoms with E-state index in [4.69, 9.17) is 20.2 Å². The average Bonchev–Trinajstić information content (AvgIpc) is 3.38. The number of aliphatic imine (C=N–C) groups is 1. The molecule has 1 atom stereocenters. The molecule has 1 aromatic heterocycles. The number of amides is 1. The van der Waals surface area contributed by atoms with E-state index in [9.17, 15) is 18.7 Å². The molecular weight excluding hydrogens is 536 g/mol. The normalized spacial score (nSPS) is 18.2. The molecule has 41 heavy (non-hydrogen) atoms. The molecule has 0 aliphatic carbocycles. The molecule has 0 saturated carbocycles. The number of hydrogen-bond donors (Lipinski definition) is 3. The van der Waals surface area contributed by atoms with Crippen LogP contribution >= 0.6 is 0 Å². The summed E-state index contributed by atoms with van der Waals surface area (Å²) in [7, 11) is 1.52. The van der Waals surface area contributed by atoms with Crippen LogP contribution < -0.4 is 25.4 Å². The third-order valence-corrected chi connectivity index (χ3v) is 6.98. The number of aliphatic hydroxyl groups excluding tert-OH is 1. The maximum absolute atomic E-state index is 14.9. The molecule has 3 heterocycles. The third kappa shape index (κ3) is 6.57. The molecule has 2 aromatic carbocycles. The molecule has 11 nitrogen and oxygen atoms in total. The number of benzene rings is 2. The second-order valence-electron chi connectivity index (χ2n) is 9.98. The number of rotatable bonds is 10. The number of likely N-dealkylation sites (tertiary alicyclic amines) is 1. The number of fused-ring (bicyclic) bond motifs is 1. The van der Waals surface area contributed by atoms with Crippen LogP contribution in [0.5, 0.6) is 11.5 Å². The van der Waals surface area contributed by atoms with Gasteiger partial charge in [-0.2, -0.15) is 5.10 Å². The summed E-state index contributed by atoms with van der Waals surface area (Å²) >= 11 is 0. The molecule has 0 bridgehead atoms. The van der Waals surface area contributed by atoms with Gasteiger partial charge in [0.1, 0.15) is 18.1 Å². The van der Waals surface area contributed by atoms with Gasteiger partial charge in [0.15, 0.2) is 23.1 Å². The van der Waals surface area contributed by atoms with Gasteiger partial charge in [-0.1, -0.05) is 6.07 Å². The highest BCUT2D eigenvalue weighted by molar-refractivity contribution is 6.16. The summed E-state index contributed by atoms with van der Waals surface area (Å²) in [5.74, 6) is -1.27. The average molecular weight is 570 g/mol. The van der Waals surface area contributed by atoms with Crippen molar-refractivity contribution in [1.82, 2.24) is 14.7 Å². The highest BCUT2D eigenvalue weighted by atomic mass is 19.2. The van der Waals surface area contributed by atoms with E-state index in [-0.39, 0.29) is 25.0 Å². The topological polar surface area (TPSA) is 130 Å². The number of β-amino-alcohol motifs (C(OH)–C–C–N with tert-alkyl or cyclic N) is 1. The highest BCUT2D eigenvalue weighted by Gasteiger charge is 2.29. The summed E-state index contributed by atoms with van der Waals surface area (Å²) in [6.45, 7) is 2.87. The summed E-state index contributed by atoms with van der Waals surface area (Å²) < 4.78 is 42.2. The number of halogens is 2. The van der Waals surface area contributed by atoms with Gasteiger partial charge in [-0.25, -0.2) is 13.8 Å². The maximum Gasteiger partial charge on any atom is 0.239 e. The zero-order valence-corrected chi connectivity index (χ0v) is 22.7. The first-order valence-electron chi connectivity index (χ1n) is 13.4. The van der Waals surface area contributed by atoms with Crippen molar-refractivity contribution in [3.63, 3.8) is 0 Å². The lowest BCUT2D eigenvalue weighted by Crippen LogP contribution is -2.41. The van der Waals surface area contributed by atoms with Crippen molar-refractivity contribution < 1.29 is 28.2 Å². The number of ether oxygens (including phenoxy) is 2. The van der Waals surface area contributed by atoms with Gasteiger partial charge in [0.05, 0.1) is 50.3 Å². The van der Waals surface area contributed by atoms with E-state index in [2.05, 4.69) is 15.3 Å². The number of piperidine rings is 1. The minimum absolute atomic E-state index is 0.00597. The van der Waals surface area contributed by atoms with Crippen molar-refractivity contribution in [2.75, 3.05) is 50.2 Å². The fourth-order valence-corrected chi connectivity index (χ4v) is 5.05. The van der Waals surface area contributed by atoms with Crippen LogP contribution in [0.4, 0.5) is 25.8 Å². The van der Waals surface area contributed by atoms with Gasteiger partial charge in [-0.05, 0) is 44.0 Å². The molecule has 1 unspecified atom stereocenters. The van der Waals surface area contributed by atoms with Crippen molar-refractivity contribution >= 4 is 28.8 Å². The number of nitrogens with one attached hydrogen (secondary N) is 1. The summed E-state index contributed by atoms with van der Waals surface area (Å²) in [5.41, 5.74) is 6.88. The van der Waals surface area contributed by atoms with Crippen LogP contribution in [0.25, 0.3) is 0 Å². The van der Waals surface area contributed by atoms with E-state index in [0.717, 1.165) is 38.4 Å². The van der Waals surface area contributed by atoms with Crippen LogP contribution in [0.3, 0.4) is 0 Å². The van der Waals surface area contributed by atoms with Gasteiger partial charge < -0.3 is 35.4 Å². The molecule has 2 aliphatic rings. The Bertz CT molecular complexity index is 1430. The number of anilines is 2. The van der Waals surface area contributed by atoms with Gasteiger partial charge in [0, 0.05) is 24.7 Å². The van der Waals surface area contributed by atoms with Crippen molar-refractivity contribution in [2.45, 2.75) is 31.9 Å². The Kier molecular flexibility index (Phi) is 8.64. The smallest absolute Gasteiger partial charge is 0.239 e. The molecule has 1 saturated heterocycles. The van der Waals surface area contributed by atoms with Gasteiger partial charge in [0.25, 0.3) is 0 Å². The van der Waals surface area contributed by atoms with Gasteiger partial charge in [0.2, 0.25) is 5.91 Å². The molecule has 2 aliphatic heterocycles. The second kappa shape index (κ2) is 12.5. The highest BCUT2D eigenvalue weighted by Crippen LogP contribution is 2.38. The number of methoxy groups -OCH3 is 1. The molecule has 1 amide bonds. The van der Waals surface area contributed by atoms with Crippen molar-refractivity contribution in [2.24, 2.45) is 10.7 Å². The van der Waals surface area contributed by atoms with E-state index in [1.54, 1.807) is 12.1 Å².